The summed E-state index contributed by atoms with van der Waals surface area (Å²) in [5.74, 6) is 0.197. The molecular weight excluding hydrogens is 310 g/mol. The van der Waals surface area contributed by atoms with E-state index in [1.54, 1.807) is 6.07 Å². The fraction of sp³-hybridized carbons (Fsp3) is 0.250. The second kappa shape index (κ2) is 5.80. The van der Waals surface area contributed by atoms with Crippen LogP contribution in [0.1, 0.15) is 29.4 Å². The summed E-state index contributed by atoms with van der Waals surface area (Å²) in [5.41, 5.74) is 1.13. The molecule has 24 heavy (non-hydrogen) atoms. The highest BCUT2D eigenvalue weighted by Gasteiger charge is 2.33. The fourth-order valence-corrected chi connectivity index (χ4v) is 2.72. The van der Waals surface area contributed by atoms with Crippen molar-refractivity contribution in [2.24, 2.45) is 0 Å². The van der Waals surface area contributed by atoms with Crippen LogP contribution in [0, 0.1) is 0 Å². The SMILES string of the molecule is O=C(N[C@H]1C[C@H](n2ncc(O)n2)C1)c1cc(-c2ccccc2)on1. The van der Waals surface area contributed by atoms with E-state index in [1.165, 1.54) is 11.0 Å². The van der Waals surface area contributed by atoms with Gasteiger partial charge >= 0.3 is 0 Å². The van der Waals surface area contributed by atoms with Gasteiger partial charge in [-0.25, -0.2) is 0 Å². The Bertz CT molecular complexity index is 851. The number of hydrogen-bond donors (Lipinski definition) is 2. The summed E-state index contributed by atoms with van der Waals surface area (Å²) in [5, 5.41) is 23.8. The molecule has 4 rings (SSSR count). The smallest absolute Gasteiger partial charge is 0.273 e. The second-order valence-electron chi connectivity index (χ2n) is 5.76. The normalized spacial score (nSPS) is 19.7. The lowest BCUT2D eigenvalue weighted by Gasteiger charge is -2.34. The minimum atomic E-state index is -0.263. The van der Waals surface area contributed by atoms with E-state index >= 15 is 0 Å². The van der Waals surface area contributed by atoms with Crippen molar-refractivity contribution in [1.29, 1.82) is 0 Å². The maximum atomic E-state index is 12.2. The number of carbonyl (C=O) groups excluding carboxylic acids is 1. The number of amides is 1. The first-order valence-corrected chi connectivity index (χ1v) is 7.63. The van der Waals surface area contributed by atoms with Gasteiger partial charge in [-0.3, -0.25) is 4.79 Å². The molecule has 2 heterocycles. The van der Waals surface area contributed by atoms with Crippen LogP contribution in [0.15, 0.2) is 47.1 Å². The Labute approximate surface area is 137 Å². The zero-order valence-electron chi connectivity index (χ0n) is 12.7. The van der Waals surface area contributed by atoms with Crippen LogP contribution in [0.3, 0.4) is 0 Å². The van der Waals surface area contributed by atoms with Gasteiger partial charge in [-0.15, -0.1) is 5.10 Å². The van der Waals surface area contributed by atoms with Gasteiger partial charge in [0.05, 0.1) is 6.04 Å². The minimum Gasteiger partial charge on any atom is -0.491 e. The quantitative estimate of drug-likeness (QED) is 0.757. The molecule has 1 aromatic carbocycles. The molecule has 0 aliphatic heterocycles. The number of rotatable bonds is 4. The van der Waals surface area contributed by atoms with Crippen molar-refractivity contribution in [3.05, 3.63) is 48.3 Å². The van der Waals surface area contributed by atoms with Crippen molar-refractivity contribution in [2.75, 3.05) is 0 Å². The Morgan fingerprint density at radius 2 is 2.08 bits per heavy atom. The van der Waals surface area contributed by atoms with E-state index in [1.807, 2.05) is 30.3 Å². The van der Waals surface area contributed by atoms with Crippen LogP contribution in [0.4, 0.5) is 0 Å². The number of nitrogens with one attached hydrogen (secondary N) is 1. The first-order chi connectivity index (χ1) is 11.7. The number of aromatic nitrogens is 4. The standard InChI is InChI=1S/C16H15N5O3/c22-15-9-17-21(19-15)12-6-11(7-12)18-16(23)13-8-14(24-20-13)10-4-2-1-3-5-10/h1-5,8-9,11-12H,6-7H2,(H,18,23)(H,19,22)/t11-,12-. The zero-order chi connectivity index (χ0) is 16.5. The van der Waals surface area contributed by atoms with Crippen LogP contribution >= 0.6 is 0 Å². The average molecular weight is 325 g/mol. The van der Waals surface area contributed by atoms with E-state index in [4.69, 9.17) is 4.52 Å². The van der Waals surface area contributed by atoms with Crippen LogP contribution in [0.25, 0.3) is 11.3 Å². The van der Waals surface area contributed by atoms with Gasteiger partial charge in [0.25, 0.3) is 11.8 Å². The fourth-order valence-electron chi connectivity index (χ4n) is 2.72. The molecule has 2 aromatic heterocycles. The summed E-state index contributed by atoms with van der Waals surface area (Å²) in [6.07, 6.45) is 2.72. The number of aromatic hydroxyl groups is 1. The van der Waals surface area contributed by atoms with Gasteiger partial charge in [0.2, 0.25) is 0 Å². The summed E-state index contributed by atoms with van der Waals surface area (Å²) >= 11 is 0. The van der Waals surface area contributed by atoms with E-state index in [-0.39, 0.29) is 29.6 Å². The van der Waals surface area contributed by atoms with Crippen LogP contribution in [-0.2, 0) is 0 Å². The van der Waals surface area contributed by atoms with Gasteiger partial charge in [0.15, 0.2) is 11.5 Å². The third kappa shape index (κ3) is 2.73. The first kappa shape index (κ1) is 14.4. The lowest BCUT2D eigenvalue weighted by molar-refractivity contribution is 0.0872. The van der Waals surface area contributed by atoms with Gasteiger partial charge < -0.3 is 14.9 Å². The van der Waals surface area contributed by atoms with Gasteiger partial charge in [0.1, 0.15) is 6.20 Å². The Balaban J connectivity index is 1.35. The summed E-state index contributed by atoms with van der Waals surface area (Å²) in [6, 6.07) is 11.3. The summed E-state index contributed by atoms with van der Waals surface area (Å²) < 4.78 is 5.24. The number of carbonyl (C=O) groups is 1. The first-order valence-electron chi connectivity index (χ1n) is 7.63. The molecule has 1 saturated carbocycles. The van der Waals surface area contributed by atoms with Crippen LogP contribution in [0.5, 0.6) is 5.88 Å². The van der Waals surface area contributed by atoms with Crippen molar-refractivity contribution in [2.45, 2.75) is 24.9 Å². The molecule has 0 saturated heterocycles. The van der Waals surface area contributed by atoms with E-state index in [9.17, 15) is 9.90 Å². The maximum absolute atomic E-state index is 12.2. The minimum absolute atomic E-state index is 0.0347. The Morgan fingerprint density at radius 3 is 2.79 bits per heavy atom. The molecule has 122 valence electrons. The highest BCUT2D eigenvalue weighted by molar-refractivity contribution is 5.93. The molecule has 2 N–H and O–H groups in total. The second-order valence-corrected chi connectivity index (χ2v) is 5.76. The largest absolute Gasteiger partial charge is 0.491 e. The highest BCUT2D eigenvalue weighted by atomic mass is 16.5. The third-order valence-corrected chi connectivity index (χ3v) is 4.07. The Hall–Kier alpha value is -3.16. The predicted molar refractivity (Wildman–Crippen MR) is 83.2 cm³/mol. The molecule has 8 heteroatoms. The van der Waals surface area contributed by atoms with E-state index < -0.39 is 0 Å². The van der Waals surface area contributed by atoms with Crippen molar-refractivity contribution >= 4 is 5.91 Å². The van der Waals surface area contributed by atoms with Crippen molar-refractivity contribution in [3.63, 3.8) is 0 Å². The van der Waals surface area contributed by atoms with Gasteiger partial charge in [-0.2, -0.15) is 9.90 Å². The van der Waals surface area contributed by atoms with E-state index in [0.717, 1.165) is 5.56 Å². The maximum Gasteiger partial charge on any atom is 0.273 e. The monoisotopic (exact) mass is 325 g/mol. The molecule has 0 unspecified atom stereocenters. The molecule has 3 aromatic rings. The predicted octanol–water partition coefficient (Wildman–Crippen LogP) is 1.77. The van der Waals surface area contributed by atoms with Crippen molar-refractivity contribution < 1.29 is 14.4 Å². The lowest BCUT2D eigenvalue weighted by Crippen LogP contribution is -2.45. The molecule has 0 bridgehead atoms. The number of hydrogen-bond acceptors (Lipinski definition) is 6. The Morgan fingerprint density at radius 1 is 1.29 bits per heavy atom. The third-order valence-electron chi connectivity index (χ3n) is 4.07. The van der Waals surface area contributed by atoms with E-state index in [0.29, 0.717) is 18.6 Å². The molecule has 1 aliphatic rings. The van der Waals surface area contributed by atoms with Gasteiger partial charge in [-0.05, 0) is 12.8 Å². The molecule has 0 spiro atoms. The number of benzene rings is 1. The van der Waals surface area contributed by atoms with Crippen molar-refractivity contribution in [3.8, 4) is 17.2 Å². The molecular formula is C16H15N5O3. The lowest BCUT2D eigenvalue weighted by atomic mass is 9.87. The molecule has 0 radical (unpaired) electrons. The van der Waals surface area contributed by atoms with Crippen molar-refractivity contribution in [1.82, 2.24) is 25.5 Å². The van der Waals surface area contributed by atoms with Crippen LogP contribution in [0.2, 0.25) is 0 Å². The van der Waals surface area contributed by atoms with Gasteiger partial charge in [-0.1, -0.05) is 35.5 Å². The van der Waals surface area contributed by atoms with Gasteiger partial charge in [0, 0.05) is 17.7 Å². The molecule has 1 fully saturated rings. The zero-order valence-corrected chi connectivity index (χ0v) is 12.7. The molecule has 0 atom stereocenters. The average Bonchev–Trinajstić information content (AvgIpc) is 3.20. The Kier molecular flexibility index (Phi) is 3.49. The van der Waals surface area contributed by atoms with E-state index in [2.05, 4.69) is 20.7 Å². The summed E-state index contributed by atoms with van der Waals surface area (Å²) in [4.78, 5) is 13.7. The number of nitrogens with zero attached hydrogens (tertiary/aromatic N) is 4. The highest BCUT2D eigenvalue weighted by Crippen LogP contribution is 2.31. The molecule has 1 aliphatic carbocycles. The van der Waals surface area contributed by atoms with Crippen LogP contribution < -0.4 is 5.32 Å². The topological polar surface area (TPSA) is 106 Å². The van der Waals surface area contributed by atoms with Crippen LogP contribution in [-0.4, -0.2) is 37.2 Å². The molecule has 1 amide bonds. The summed E-state index contributed by atoms with van der Waals surface area (Å²) in [6.45, 7) is 0. The molecule has 8 nitrogen and oxygen atoms in total. The summed E-state index contributed by atoms with van der Waals surface area (Å²) in [7, 11) is 0.